The van der Waals surface area contributed by atoms with Crippen molar-refractivity contribution in [3.8, 4) is 0 Å². The van der Waals surface area contributed by atoms with Gasteiger partial charge in [0.1, 0.15) is 0 Å². The van der Waals surface area contributed by atoms with E-state index in [1.165, 1.54) is 0 Å². The molecule has 0 N–H and O–H groups in total. The second-order valence-electron chi connectivity index (χ2n) is 5.10. The fourth-order valence-corrected chi connectivity index (χ4v) is 1.58. The fraction of sp³-hybridized carbons (Fsp3) is 0.636. The largest absolute Gasteiger partial charge is 0.498 e. The molecular formula is C11H17BO3. The minimum atomic E-state index is -0.311. The van der Waals surface area contributed by atoms with E-state index in [1.54, 1.807) is 12.5 Å². The molecule has 1 fully saturated rings. The molecule has 0 saturated carbocycles. The van der Waals surface area contributed by atoms with Crippen molar-refractivity contribution in [1.82, 2.24) is 0 Å². The Labute approximate surface area is 90.9 Å². The monoisotopic (exact) mass is 208 g/mol. The first kappa shape index (κ1) is 10.8. The molecule has 0 amide bonds. The van der Waals surface area contributed by atoms with E-state index >= 15 is 0 Å². The van der Waals surface area contributed by atoms with Gasteiger partial charge in [-0.25, -0.2) is 0 Å². The molecule has 0 bridgehead atoms. The van der Waals surface area contributed by atoms with Crippen molar-refractivity contribution in [2.75, 3.05) is 0 Å². The van der Waals surface area contributed by atoms with Gasteiger partial charge in [-0.3, -0.25) is 0 Å². The molecule has 0 aliphatic carbocycles. The van der Waals surface area contributed by atoms with Gasteiger partial charge < -0.3 is 13.7 Å². The predicted molar refractivity (Wildman–Crippen MR) is 59.2 cm³/mol. The number of furan rings is 1. The van der Waals surface area contributed by atoms with Gasteiger partial charge >= 0.3 is 7.12 Å². The van der Waals surface area contributed by atoms with E-state index in [2.05, 4.69) is 0 Å². The van der Waals surface area contributed by atoms with Crippen LogP contribution >= 0.6 is 0 Å². The molecule has 0 unspecified atom stereocenters. The molecule has 0 atom stereocenters. The highest BCUT2D eigenvalue weighted by molar-refractivity contribution is 6.62. The molecule has 4 heteroatoms. The highest BCUT2D eigenvalue weighted by atomic mass is 16.7. The molecule has 0 aromatic carbocycles. The molecule has 0 spiro atoms. The Balaban J connectivity index is 2.27. The molecule has 1 aliphatic heterocycles. The first-order chi connectivity index (χ1) is 6.83. The van der Waals surface area contributed by atoms with Crippen molar-refractivity contribution in [2.45, 2.75) is 45.8 Å². The third-order valence-corrected chi connectivity index (χ3v) is 3.40. The van der Waals surface area contributed by atoms with Crippen LogP contribution in [0, 0.1) is 6.92 Å². The summed E-state index contributed by atoms with van der Waals surface area (Å²) in [5.41, 5.74) is 1.46. The fourth-order valence-electron chi connectivity index (χ4n) is 1.58. The Morgan fingerprint density at radius 2 is 1.53 bits per heavy atom. The molecule has 2 heterocycles. The van der Waals surface area contributed by atoms with Crippen LogP contribution < -0.4 is 5.46 Å². The first-order valence-corrected chi connectivity index (χ1v) is 5.22. The molecule has 3 nitrogen and oxygen atoms in total. The zero-order chi connectivity index (χ0) is 11.3. The molecule has 1 saturated heterocycles. The minimum absolute atomic E-state index is 0.290. The molecule has 2 rings (SSSR count). The van der Waals surface area contributed by atoms with Crippen molar-refractivity contribution in [3.05, 3.63) is 18.1 Å². The third kappa shape index (κ3) is 1.62. The van der Waals surface area contributed by atoms with Crippen LogP contribution in [0.4, 0.5) is 0 Å². The van der Waals surface area contributed by atoms with Crippen LogP contribution in [-0.4, -0.2) is 18.3 Å². The van der Waals surface area contributed by atoms with Gasteiger partial charge in [0.25, 0.3) is 0 Å². The van der Waals surface area contributed by atoms with Gasteiger partial charge in [-0.2, -0.15) is 0 Å². The Morgan fingerprint density at radius 1 is 1.00 bits per heavy atom. The van der Waals surface area contributed by atoms with E-state index in [1.807, 2.05) is 34.6 Å². The number of hydrogen-bond donors (Lipinski definition) is 0. The van der Waals surface area contributed by atoms with E-state index in [4.69, 9.17) is 13.7 Å². The average Bonchev–Trinajstić information content (AvgIpc) is 2.55. The van der Waals surface area contributed by atoms with Gasteiger partial charge in [0.05, 0.1) is 23.7 Å². The second kappa shape index (κ2) is 3.13. The van der Waals surface area contributed by atoms with Crippen LogP contribution in [-0.2, 0) is 9.31 Å². The lowest BCUT2D eigenvalue weighted by atomic mass is 9.79. The van der Waals surface area contributed by atoms with Crippen molar-refractivity contribution in [1.29, 1.82) is 0 Å². The van der Waals surface area contributed by atoms with Gasteiger partial charge in [0, 0.05) is 5.46 Å². The van der Waals surface area contributed by atoms with Gasteiger partial charge in [-0.15, -0.1) is 0 Å². The van der Waals surface area contributed by atoms with Crippen molar-refractivity contribution in [2.24, 2.45) is 0 Å². The summed E-state index contributed by atoms with van der Waals surface area (Å²) in [5.74, 6) is 0. The maximum absolute atomic E-state index is 5.91. The average molecular weight is 208 g/mol. The lowest BCUT2D eigenvalue weighted by Gasteiger charge is -2.32. The highest BCUT2D eigenvalue weighted by Crippen LogP contribution is 2.36. The Bertz CT molecular complexity index is 352. The molecule has 1 aliphatic rings. The minimum Gasteiger partial charge on any atom is -0.473 e. The Morgan fingerprint density at radius 3 is 1.93 bits per heavy atom. The lowest BCUT2D eigenvalue weighted by Crippen LogP contribution is -2.41. The lowest BCUT2D eigenvalue weighted by molar-refractivity contribution is 0.00578. The predicted octanol–water partition coefficient (Wildman–Crippen LogP) is 1.89. The van der Waals surface area contributed by atoms with E-state index in [9.17, 15) is 0 Å². The molecule has 1 aromatic rings. The van der Waals surface area contributed by atoms with Crippen molar-refractivity contribution in [3.63, 3.8) is 0 Å². The summed E-state index contributed by atoms with van der Waals surface area (Å²) < 4.78 is 16.9. The summed E-state index contributed by atoms with van der Waals surface area (Å²) in [5, 5.41) is 0. The smallest absolute Gasteiger partial charge is 0.473 e. The SMILES string of the molecule is Cc1cocc1B1OC(C)(C)C(C)(C)O1. The van der Waals surface area contributed by atoms with Crippen molar-refractivity contribution >= 4 is 12.6 Å². The molecule has 82 valence electrons. The van der Waals surface area contributed by atoms with Gasteiger partial charge in [0.2, 0.25) is 0 Å². The summed E-state index contributed by atoms with van der Waals surface area (Å²) in [6.45, 7) is 10.2. The van der Waals surface area contributed by atoms with Crippen molar-refractivity contribution < 1.29 is 13.7 Å². The molecular weight excluding hydrogens is 191 g/mol. The normalized spacial score (nSPS) is 23.4. The second-order valence-corrected chi connectivity index (χ2v) is 5.10. The maximum atomic E-state index is 5.91. The van der Waals surface area contributed by atoms with E-state index in [0.717, 1.165) is 11.0 Å². The zero-order valence-corrected chi connectivity index (χ0v) is 9.96. The number of hydrogen-bond acceptors (Lipinski definition) is 3. The number of rotatable bonds is 1. The summed E-state index contributed by atoms with van der Waals surface area (Å²) >= 11 is 0. The summed E-state index contributed by atoms with van der Waals surface area (Å²) in [6, 6.07) is 0. The van der Waals surface area contributed by atoms with Crippen LogP contribution in [0.1, 0.15) is 33.3 Å². The topological polar surface area (TPSA) is 31.6 Å². The van der Waals surface area contributed by atoms with E-state index in [-0.39, 0.29) is 18.3 Å². The van der Waals surface area contributed by atoms with Crippen LogP contribution in [0.3, 0.4) is 0 Å². The highest BCUT2D eigenvalue weighted by Gasteiger charge is 2.52. The zero-order valence-electron chi connectivity index (χ0n) is 9.96. The van der Waals surface area contributed by atoms with Crippen LogP contribution in [0.25, 0.3) is 0 Å². The first-order valence-electron chi connectivity index (χ1n) is 5.22. The summed E-state index contributed by atoms with van der Waals surface area (Å²) in [7, 11) is -0.311. The van der Waals surface area contributed by atoms with E-state index < -0.39 is 0 Å². The summed E-state index contributed by atoms with van der Waals surface area (Å²) in [4.78, 5) is 0. The van der Waals surface area contributed by atoms with Gasteiger partial charge in [-0.1, -0.05) is 0 Å². The van der Waals surface area contributed by atoms with E-state index in [0.29, 0.717) is 0 Å². The Kier molecular flexibility index (Phi) is 2.24. The quantitative estimate of drug-likeness (QED) is 0.660. The Hall–Kier alpha value is -0.735. The third-order valence-electron chi connectivity index (χ3n) is 3.40. The maximum Gasteiger partial charge on any atom is 0.498 e. The van der Waals surface area contributed by atoms with Crippen LogP contribution in [0.15, 0.2) is 16.9 Å². The molecule has 15 heavy (non-hydrogen) atoms. The molecule has 1 aromatic heterocycles. The number of aryl methyl sites for hydroxylation is 1. The van der Waals surface area contributed by atoms with Crippen LogP contribution in [0.2, 0.25) is 0 Å². The molecule has 0 radical (unpaired) electrons. The van der Waals surface area contributed by atoms with Gasteiger partial charge in [-0.05, 0) is 40.2 Å². The standard InChI is InChI=1S/C11H17BO3/c1-8-6-13-7-9(8)12-14-10(2,3)11(4,5)15-12/h6-7H,1-5H3. The summed E-state index contributed by atoms with van der Waals surface area (Å²) in [6.07, 6.45) is 3.40. The van der Waals surface area contributed by atoms with Gasteiger partial charge in [0.15, 0.2) is 0 Å². The van der Waals surface area contributed by atoms with Crippen LogP contribution in [0.5, 0.6) is 0 Å².